The molecule has 5 heteroatoms. The van der Waals surface area contributed by atoms with Crippen LogP contribution in [0.25, 0.3) is 88.4 Å². The maximum Gasteiger partial charge on any atom is 0.141 e. The Labute approximate surface area is 312 Å². The lowest BCUT2D eigenvalue weighted by atomic mass is 9.69. The number of aromatic nitrogens is 2. The molecule has 246 valence electrons. The Hall–Kier alpha value is -6.45. The van der Waals surface area contributed by atoms with E-state index in [1.807, 2.05) is 0 Å². The van der Waals surface area contributed by atoms with Crippen LogP contribution in [0.1, 0.15) is 0 Å². The van der Waals surface area contributed by atoms with Crippen LogP contribution in [-0.2, 0) is 0 Å². The maximum atomic E-state index is 2.51. The van der Waals surface area contributed by atoms with Gasteiger partial charge in [0.1, 0.15) is 23.5 Å². The zero-order valence-electron chi connectivity index (χ0n) is 30.1. The molecule has 0 amide bonds. The molecule has 0 radical (unpaired) electrons. The fourth-order valence-corrected chi connectivity index (χ4v) is 8.80. The van der Waals surface area contributed by atoms with E-state index in [1.54, 1.807) is 0 Å². The van der Waals surface area contributed by atoms with Crippen LogP contribution < -0.4 is 16.4 Å². The second-order valence-corrected chi connectivity index (χ2v) is 14.2. The fourth-order valence-electron chi connectivity index (χ4n) is 8.80. The van der Waals surface area contributed by atoms with Crippen molar-refractivity contribution in [3.8, 4) is 44.8 Å². The van der Waals surface area contributed by atoms with Gasteiger partial charge in [-0.3, -0.25) is 0 Å². The quantitative estimate of drug-likeness (QED) is 0.166. The van der Waals surface area contributed by atoms with E-state index in [-0.39, 0.29) is 0 Å². The molecule has 0 spiro atoms. The molecule has 53 heavy (non-hydrogen) atoms. The predicted octanol–water partition coefficient (Wildman–Crippen LogP) is 7.66. The van der Waals surface area contributed by atoms with Crippen LogP contribution in [0.3, 0.4) is 0 Å². The van der Waals surface area contributed by atoms with Crippen molar-refractivity contribution in [2.75, 3.05) is 0 Å². The summed E-state index contributed by atoms with van der Waals surface area (Å²) in [7, 11) is 6.95. The molecule has 0 aliphatic carbocycles. The third-order valence-corrected chi connectivity index (χ3v) is 11.3. The van der Waals surface area contributed by atoms with Gasteiger partial charge in [-0.1, -0.05) is 150 Å². The Bertz CT molecular complexity index is 3000. The van der Waals surface area contributed by atoms with Gasteiger partial charge in [-0.25, -0.2) is 0 Å². The highest BCUT2D eigenvalue weighted by atomic mass is 15.0. The molecule has 0 bridgehead atoms. The number of hydrogen-bond donors (Lipinski definition) is 0. The van der Waals surface area contributed by atoms with Crippen LogP contribution in [-0.4, -0.2) is 32.7 Å². The van der Waals surface area contributed by atoms with Crippen molar-refractivity contribution >= 4 is 83.5 Å². The summed E-state index contributed by atoms with van der Waals surface area (Å²) >= 11 is 0. The highest BCUT2D eigenvalue weighted by Crippen LogP contribution is 2.39. The minimum Gasteiger partial charge on any atom is -0.309 e. The van der Waals surface area contributed by atoms with Gasteiger partial charge in [0.2, 0.25) is 0 Å². The Balaban J connectivity index is 1.21. The second-order valence-electron chi connectivity index (χ2n) is 14.2. The van der Waals surface area contributed by atoms with Crippen molar-refractivity contribution in [2.45, 2.75) is 0 Å². The third kappa shape index (κ3) is 4.84. The van der Waals surface area contributed by atoms with Crippen LogP contribution in [0.2, 0.25) is 0 Å². The molecule has 0 N–H and O–H groups in total. The van der Waals surface area contributed by atoms with Gasteiger partial charge in [-0.2, -0.15) is 0 Å². The largest absolute Gasteiger partial charge is 0.309 e. The van der Waals surface area contributed by atoms with E-state index in [1.165, 1.54) is 99.1 Å². The summed E-state index contributed by atoms with van der Waals surface area (Å²) in [6, 6.07) is 64.0. The van der Waals surface area contributed by atoms with Gasteiger partial charge < -0.3 is 9.13 Å². The number of hydrogen-bond acceptors (Lipinski definition) is 0. The molecule has 2 nitrogen and oxygen atoms in total. The molecule has 10 rings (SSSR count). The van der Waals surface area contributed by atoms with Gasteiger partial charge >= 0.3 is 0 Å². The molecule has 0 aliphatic rings. The van der Waals surface area contributed by atoms with Crippen molar-refractivity contribution in [3.05, 3.63) is 176 Å². The van der Waals surface area contributed by atoms with Gasteiger partial charge in [0.05, 0.1) is 16.6 Å². The lowest BCUT2D eigenvalue weighted by Gasteiger charge is -2.19. The van der Waals surface area contributed by atoms with Crippen molar-refractivity contribution in [1.82, 2.24) is 9.13 Å². The molecule has 2 heterocycles. The minimum atomic E-state index is 1.16. The van der Waals surface area contributed by atoms with E-state index in [0.717, 1.165) is 5.69 Å². The van der Waals surface area contributed by atoms with Crippen molar-refractivity contribution in [3.63, 3.8) is 0 Å². The highest BCUT2D eigenvalue weighted by molar-refractivity contribution is 6.60. The zero-order chi connectivity index (χ0) is 35.6. The summed E-state index contributed by atoms with van der Waals surface area (Å²) in [5.74, 6) is 0. The second kappa shape index (κ2) is 12.4. The fraction of sp³-hybridized carbons (Fsp3) is 0. The molecule has 8 aromatic carbocycles. The van der Waals surface area contributed by atoms with Gasteiger partial charge in [0, 0.05) is 44.0 Å². The van der Waals surface area contributed by atoms with Crippen LogP contribution in [0.4, 0.5) is 0 Å². The molecule has 0 saturated carbocycles. The first-order valence-corrected chi connectivity index (χ1v) is 18.5. The van der Waals surface area contributed by atoms with Gasteiger partial charge in [-0.15, -0.1) is 0 Å². The van der Waals surface area contributed by atoms with Crippen molar-refractivity contribution < 1.29 is 0 Å². The van der Waals surface area contributed by atoms with Gasteiger partial charge in [0.25, 0.3) is 0 Å². The lowest BCUT2D eigenvalue weighted by molar-refractivity contribution is 1.18. The number of nitrogens with zero attached hydrogens (tertiary/aromatic N) is 2. The van der Waals surface area contributed by atoms with E-state index >= 15 is 0 Å². The molecule has 0 unspecified atom stereocenters. The number of benzene rings is 8. The Morgan fingerprint density at radius 2 is 0.906 bits per heavy atom. The van der Waals surface area contributed by atoms with Crippen molar-refractivity contribution in [1.29, 1.82) is 0 Å². The van der Waals surface area contributed by atoms with Gasteiger partial charge in [-0.05, 0) is 70.3 Å². The summed E-state index contributed by atoms with van der Waals surface area (Å²) in [6.45, 7) is 0. The summed E-state index contributed by atoms with van der Waals surface area (Å²) in [6.07, 6.45) is 0. The van der Waals surface area contributed by atoms with E-state index in [9.17, 15) is 0 Å². The molecular weight excluding hydrogens is 637 g/mol. The van der Waals surface area contributed by atoms with Crippen LogP contribution in [0, 0.1) is 0 Å². The molecule has 0 atom stereocenters. The monoisotopic (exact) mass is 672 g/mol. The van der Waals surface area contributed by atoms with E-state index < -0.39 is 0 Å². The summed E-state index contributed by atoms with van der Waals surface area (Å²) in [5.41, 5.74) is 18.7. The minimum absolute atomic E-state index is 1.16. The first kappa shape index (κ1) is 31.3. The lowest BCUT2D eigenvalue weighted by Crippen LogP contribution is -2.35. The summed E-state index contributed by atoms with van der Waals surface area (Å²) in [5, 5.41) is 5.13. The molecule has 0 fully saturated rings. The van der Waals surface area contributed by atoms with Gasteiger partial charge in [0.15, 0.2) is 0 Å². The van der Waals surface area contributed by atoms with E-state index in [2.05, 4.69) is 209 Å². The zero-order valence-corrected chi connectivity index (χ0v) is 30.1. The van der Waals surface area contributed by atoms with E-state index in [0.29, 0.717) is 0 Å². The van der Waals surface area contributed by atoms with Crippen LogP contribution in [0.15, 0.2) is 176 Å². The molecule has 0 aliphatic heterocycles. The highest BCUT2D eigenvalue weighted by Gasteiger charge is 2.23. The molecular formula is C48H35B3N2. The predicted molar refractivity (Wildman–Crippen MR) is 236 cm³/mol. The average Bonchev–Trinajstić information content (AvgIpc) is 3.75. The van der Waals surface area contributed by atoms with Crippen molar-refractivity contribution in [2.24, 2.45) is 0 Å². The normalized spacial score (nSPS) is 11.6. The number of rotatable bonds is 5. The van der Waals surface area contributed by atoms with Crippen LogP contribution in [0.5, 0.6) is 0 Å². The standard InChI is InChI=1S/C48H35B3N2/c49-44-42(33-25-28-41-39(29-33)37-19-10-11-22-40(37)52(41)35-26-23-31(24-27-35)30-13-4-1-5-14-30)45(50)46(51)48-43(44)38-21-12-20-36(32-15-6-2-7-16-32)47(38)53(48)34-17-8-3-9-18-34/h1-29H,49-51H2. The number of para-hydroxylation sites is 3. The SMILES string of the molecule is Bc1c(-c2ccc3c(c2)c2ccccc2n3-c2ccc(-c3ccccc3)cc2)c(B)c2c3cccc(-c4ccccc4)c3n(-c3ccccc3)c2c1B. The Morgan fingerprint density at radius 3 is 1.64 bits per heavy atom. The van der Waals surface area contributed by atoms with Crippen LogP contribution >= 0.6 is 0 Å². The number of fused-ring (bicyclic) bond motifs is 6. The molecule has 2 aromatic heterocycles. The first-order valence-electron chi connectivity index (χ1n) is 18.5. The Morgan fingerprint density at radius 1 is 0.340 bits per heavy atom. The summed E-state index contributed by atoms with van der Waals surface area (Å²) in [4.78, 5) is 0. The third-order valence-electron chi connectivity index (χ3n) is 11.3. The molecule has 0 saturated heterocycles. The average molecular weight is 672 g/mol. The smallest absolute Gasteiger partial charge is 0.141 e. The first-order chi connectivity index (χ1) is 26.1. The topological polar surface area (TPSA) is 9.86 Å². The van der Waals surface area contributed by atoms with E-state index in [4.69, 9.17) is 0 Å². The molecule has 10 aromatic rings. The Kier molecular flexibility index (Phi) is 7.30. The summed E-state index contributed by atoms with van der Waals surface area (Å²) < 4.78 is 4.92. The maximum absolute atomic E-state index is 2.51.